The SMILES string of the molecule is OCCN1C(=S)NCC1(c1ccccc1)c1ccccc1. The number of nitrogens with one attached hydrogen (secondary N) is 1. The summed E-state index contributed by atoms with van der Waals surface area (Å²) in [7, 11) is 0. The summed E-state index contributed by atoms with van der Waals surface area (Å²) in [6.07, 6.45) is 0. The van der Waals surface area contributed by atoms with E-state index in [1.54, 1.807) is 0 Å². The summed E-state index contributed by atoms with van der Waals surface area (Å²) in [5.74, 6) is 0. The zero-order chi connectivity index (χ0) is 14.7. The molecule has 2 N–H and O–H groups in total. The molecule has 0 bridgehead atoms. The van der Waals surface area contributed by atoms with Crippen LogP contribution in [0.1, 0.15) is 11.1 Å². The number of benzene rings is 2. The quantitative estimate of drug-likeness (QED) is 0.848. The van der Waals surface area contributed by atoms with Crippen LogP contribution in [-0.4, -0.2) is 34.8 Å². The van der Waals surface area contributed by atoms with E-state index >= 15 is 0 Å². The standard InChI is InChI=1S/C17H18N2OS/c20-12-11-19-16(21)18-13-17(19,14-7-3-1-4-8-14)15-9-5-2-6-10-15/h1-10,20H,11-13H2,(H,18,21). The highest BCUT2D eigenvalue weighted by Gasteiger charge is 2.45. The van der Waals surface area contributed by atoms with E-state index in [4.69, 9.17) is 12.2 Å². The minimum Gasteiger partial charge on any atom is -0.395 e. The second kappa shape index (κ2) is 5.84. The lowest BCUT2D eigenvalue weighted by atomic mass is 9.82. The Labute approximate surface area is 130 Å². The fraction of sp³-hybridized carbons (Fsp3) is 0.235. The fourth-order valence-corrected chi connectivity index (χ4v) is 3.39. The summed E-state index contributed by atoms with van der Waals surface area (Å²) in [5, 5.41) is 13.4. The van der Waals surface area contributed by atoms with Crippen molar-refractivity contribution in [1.29, 1.82) is 0 Å². The molecule has 0 unspecified atom stereocenters. The zero-order valence-corrected chi connectivity index (χ0v) is 12.5. The number of hydrogen-bond donors (Lipinski definition) is 2. The molecule has 1 aliphatic heterocycles. The number of thiocarbonyl (C=S) groups is 1. The maximum absolute atomic E-state index is 9.44. The van der Waals surface area contributed by atoms with Gasteiger partial charge in [0.1, 0.15) is 5.54 Å². The normalized spacial score (nSPS) is 16.8. The molecule has 0 spiro atoms. The van der Waals surface area contributed by atoms with Crippen LogP contribution in [-0.2, 0) is 5.54 Å². The van der Waals surface area contributed by atoms with E-state index in [1.165, 1.54) is 11.1 Å². The van der Waals surface area contributed by atoms with Gasteiger partial charge in [-0.3, -0.25) is 0 Å². The Bertz CT molecular complexity index is 576. The summed E-state index contributed by atoms with van der Waals surface area (Å²) >= 11 is 5.46. The van der Waals surface area contributed by atoms with Gasteiger partial charge in [0.25, 0.3) is 0 Å². The molecule has 4 heteroatoms. The Balaban J connectivity index is 2.18. The molecule has 2 aromatic carbocycles. The molecule has 0 saturated carbocycles. The van der Waals surface area contributed by atoms with Crippen LogP contribution in [0.3, 0.4) is 0 Å². The van der Waals surface area contributed by atoms with Crippen molar-refractivity contribution in [2.45, 2.75) is 5.54 Å². The number of rotatable bonds is 4. The van der Waals surface area contributed by atoms with Crippen molar-refractivity contribution in [3.05, 3.63) is 71.8 Å². The van der Waals surface area contributed by atoms with Gasteiger partial charge < -0.3 is 15.3 Å². The number of β-amino-alcohol motifs (C(OH)–C–C–N with tert-alkyl or cyclic N) is 1. The van der Waals surface area contributed by atoms with E-state index in [2.05, 4.69) is 34.5 Å². The summed E-state index contributed by atoms with van der Waals surface area (Å²) in [6.45, 7) is 1.29. The first-order chi connectivity index (χ1) is 10.3. The average Bonchev–Trinajstić information content (AvgIpc) is 2.88. The van der Waals surface area contributed by atoms with Crippen molar-refractivity contribution >= 4 is 17.3 Å². The summed E-state index contributed by atoms with van der Waals surface area (Å²) in [4.78, 5) is 2.09. The van der Waals surface area contributed by atoms with E-state index in [0.717, 1.165) is 0 Å². The highest BCUT2D eigenvalue weighted by molar-refractivity contribution is 7.80. The molecule has 1 fully saturated rings. The van der Waals surface area contributed by atoms with Gasteiger partial charge in [-0.05, 0) is 23.3 Å². The molecule has 0 aliphatic carbocycles. The van der Waals surface area contributed by atoms with Crippen LogP contribution >= 0.6 is 12.2 Å². The molecule has 0 aromatic heterocycles. The lowest BCUT2D eigenvalue weighted by Crippen LogP contribution is -2.46. The number of hydrogen-bond acceptors (Lipinski definition) is 2. The molecule has 21 heavy (non-hydrogen) atoms. The second-order valence-electron chi connectivity index (χ2n) is 5.13. The van der Waals surface area contributed by atoms with Crippen LogP contribution in [0.25, 0.3) is 0 Å². The van der Waals surface area contributed by atoms with Crippen molar-refractivity contribution in [2.24, 2.45) is 0 Å². The summed E-state index contributed by atoms with van der Waals surface area (Å²) < 4.78 is 0. The molecular formula is C17H18N2OS. The van der Waals surface area contributed by atoms with E-state index in [0.29, 0.717) is 18.2 Å². The molecule has 0 radical (unpaired) electrons. The van der Waals surface area contributed by atoms with Gasteiger partial charge >= 0.3 is 0 Å². The number of aliphatic hydroxyl groups is 1. The Kier molecular flexibility index (Phi) is 3.90. The first-order valence-corrected chi connectivity index (χ1v) is 7.47. The number of aliphatic hydroxyl groups excluding tert-OH is 1. The fourth-order valence-electron chi connectivity index (χ4n) is 3.07. The Morgan fingerprint density at radius 2 is 1.52 bits per heavy atom. The van der Waals surface area contributed by atoms with Gasteiger partial charge in [-0.2, -0.15) is 0 Å². The highest BCUT2D eigenvalue weighted by Crippen LogP contribution is 2.38. The largest absolute Gasteiger partial charge is 0.395 e. The van der Waals surface area contributed by atoms with Crippen molar-refractivity contribution in [2.75, 3.05) is 19.7 Å². The third-order valence-electron chi connectivity index (χ3n) is 4.03. The molecule has 0 amide bonds. The first-order valence-electron chi connectivity index (χ1n) is 7.06. The molecule has 1 saturated heterocycles. The molecule has 1 heterocycles. The second-order valence-corrected chi connectivity index (χ2v) is 5.51. The molecular weight excluding hydrogens is 280 g/mol. The van der Waals surface area contributed by atoms with Crippen molar-refractivity contribution in [3.8, 4) is 0 Å². The smallest absolute Gasteiger partial charge is 0.170 e. The molecule has 1 aliphatic rings. The minimum atomic E-state index is -0.359. The van der Waals surface area contributed by atoms with Crippen molar-refractivity contribution in [1.82, 2.24) is 10.2 Å². The van der Waals surface area contributed by atoms with Gasteiger partial charge in [0.15, 0.2) is 5.11 Å². The van der Waals surface area contributed by atoms with Crippen molar-refractivity contribution in [3.63, 3.8) is 0 Å². The van der Waals surface area contributed by atoms with Crippen LogP contribution in [0.4, 0.5) is 0 Å². The first kappa shape index (κ1) is 14.0. The van der Waals surface area contributed by atoms with E-state index in [-0.39, 0.29) is 12.1 Å². The Morgan fingerprint density at radius 3 is 2.00 bits per heavy atom. The lowest BCUT2D eigenvalue weighted by molar-refractivity contribution is 0.195. The van der Waals surface area contributed by atoms with E-state index < -0.39 is 0 Å². The minimum absolute atomic E-state index is 0.0727. The third kappa shape index (κ3) is 2.30. The van der Waals surface area contributed by atoms with Gasteiger partial charge in [0.2, 0.25) is 0 Å². The van der Waals surface area contributed by atoms with Crippen LogP contribution in [0.5, 0.6) is 0 Å². The van der Waals surface area contributed by atoms with Crippen molar-refractivity contribution < 1.29 is 5.11 Å². The maximum atomic E-state index is 9.44. The topological polar surface area (TPSA) is 35.5 Å². The van der Waals surface area contributed by atoms with Crippen LogP contribution in [0, 0.1) is 0 Å². The molecule has 3 rings (SSSR count). The van der Waals surface area contributed by atoms with Crippen LogP contribution in [0.2, 0.25) is 0 Å². The predicted molar refractivity (Wildman–Crippen MR) is 88.1 cm³/mol. The monoisotopic (exact) mass is 298 g/mol. The summed E-state index contributed by atoms with van der Waals surface area (Å²) in [6, 6.07) is 20.7. The third-order valence-corrected chi connectivity index (χ3v) is 4.39. The molecule has 0 atom stereocenters. The molecule has 3 nitrogen and oxygen atoms in total. The van der Waals surface area contributed by atoms with E-state index in [9.17, 15) is 5.11 Å². The van der Waals surface area contributed by atoms with Gasteiger partial charge in [0.05, 0.1) is 6.61 Å². The lowest BCUT2D eigenvalue weighted by Gasteiger charge is -2.39. The number of nitrogens with zero attached hydrogens (tertiary/aromatic N) is 1. The van der Waals surface area contributed by atoms with Crippen LogP contribution in [0.15, 0.2) is 60.7 Å². The van der Waals surface area contributed by atoms with Gasteiger partial charge in [-0.25, -0.2) is 0 Å². The van der Waals surface area contributed by atoms with Gasteiger partial charge in [-0.1, -0.05) is 60.7 Å². The Hall–Kier alpha value is -1.91. The van der Waals surface area contributed by atoms with Crippen LogP contribution < -0.4 is 5.32 Å². The Morgan fingerprint density at radius 1 is 1.00 bits per heavy atom. The molecule has 108 valence electrons. The molecule has 2 aromatic rings. The van der Waals surface area contributed by atoms with E-state index in [1.807, 2.05) is 36.4 Å². The zero-order valence-electron chi connectivity index (χ0n) is 11.7. The summed E-state index contributed by atoms with van der Waals surface area (Å²) in [5.41, 5.74) is 2.00. The van der Waals surface area contributed by atoms with Gasteiger partial charge in [-0.15, -0.1) is 0 Å². The maximum Gasteiger partial charge on any atom is 0.170 e. The average molecular weight is 298 g/mol. The van der Waals surface area contributed by atoms with Gasteiger partial charge in [0, 0.05) is 13.1 Å². The highest BCUT2D eigenvalue weighted by atomic mass is 32.1. The predicted octanol–water partition coefficient (Wildman–Crippen LogP) is 2.11.